The molecule has 0 saturated heterocycles. The van der Waals surface area contributed by atoms with Gasteiger partial charge in [-0.05, 0) is 12.1 Å². The van der Waals surface area contributed by atoms with Gasteiger partial charge < -0.3 is 9.84 Å². The average Bonchev–Trinajstić information content (AvgIpc) is 2.94. The van der Waals surface area contributed by atoms with E-state index >= 15 is 0 Å². The summed E-state index contributed by atoms with van der Waals surface area (Å²) >= 11 is 5.84. The van der Waals surface area contributed by atoms with E-state index in [0.29, 0.717) is 29.0 Å². The lowest BCUT2D eigenvalue weighted by molar-refractivity contribution is 0.411. The van der Waals surface area contributed by atoms with Gasteiger partial charge in [-0.2, -0.15) is 9.97 Å². The highest BCUT2D eigenvalue weighted by Gasteiger charge is 2.04. The van der Waals surface area contributed by atoms with Gasteiger partial charge in [0.2, 0.25) is 12.3 Å². The van der Waals surface area contributed by atoms with Crippen molar-refractivity contribution in [2.75, 3.05) is 5.32 Å². The number of halogens is 1. The molecule has 3 aromatic rings. The Morgan fingerprint density at radius 2 is 2.35 bits per heavy atom. The van der Waals surface area contributed by atoms with E-state index in [-0.39, 0.29) is 0 Å². The molecule has 0 amide bonds. The smallest absolute Gasteiger partial charge is 0.243 e. The Hall–Kier alpha value is -2.15. The molecule has 3 heterocycles. The molecule has 0 saturated carbocycles. The molecule has 17 heavy (non-hydrogen) atoms. The number of fused-ring (bicyclic) bond motifs is 1. The molecule has 0 unspecified atom stereocenters. The summed E-state index contributed by atoms with van der Waals surface area (Å²) in [4.78, 5) is 8.12. The number of hydrogen-bond acceptors (Lipinski definition) is 6. The fourth-order valence-electron chi connectivity index (χ4n) is 1.36. The van der Waals surface area contributed by atoms with Crippen molar-refractivity contribution >= 4 is 23.2 Å². The lowest BCUT2D eigenvalue weighted by Crippen LogP contribution is -2.02. The third-order valence-electron chi connectivity index (χ3n) is 2.11. The van der Waals surface area contributed by atoms with Crippen molar-refractivity contribution in [1.29, 1.82) is 0 Å². The molecule has 3 rings (SSSR count). The second kappa shape index (κ2) is 4.02. The molecule has 86 valence electrons. The minimum absolute atomic E-state index is 0.404. The third-order valence-corrected chi connectivity index (χ3v) is 2.33. The van der Waals surface area contributed by atoms with Crippen molar-refractivity contribution in [3.8, 4) is 0 Å². The van der Waals surface area contributed by atoms with E-state index in [1.165, 1.54) is 6.39 Å². The number of anilines is 1. The van der Waals surface area contributed by atoms with Crippen LogP contribution in [0.5, 0.6) is 0 Å². The molecular formula is C9H7ClN6O. The molecule has 1 N–H and O–H groups in total. The summed E-state index contributed by atoms with van der Waals surface area (Å²) in [6.07, 6.45) is 2.96. The SMILES string of the molecule is Clc1ccc2nc(NCc3ncon3)nn2c1. The molecule has 0 spiro atoms. The number of nitrogens with one attached hydrogen (secondary N) is 1. The first-order valence-corrected chi connectivity index (χ1v) is 5.20. The lowest BCUT2D eigenvalue weighted by atomic mass is 10.5. The molecule has 0 bridgehead atoms. The zero-order valence-electron chi connectivity index (χ0n) is 8.54. The monoisotopic (exact) mass is 250 g/mol. The first kappa shape index (κ1) is 10.0. The number of rotatable bonds is 3. The predicted octanol–water partition coefficient (Wildman–Crippen LogP) is 1.38. The summed E-state index contributed by atoms with van der Waals surface area (Å²) < 4.78 is 6.21. The Morgan fingerprint density at radius 1 is 1.41 bits per heavy atom. The zero-order valence-corrected chi connectivity index (χ0v) is 9.29. The lowest BCUT2D eigenvalue weighted by Gasteiger charge is -1.94. The molecule has 8 heteroatoms. The number of nitrogens with zero attached hydrogens (tertiary/aromatic N) is 5. The van der Waals surface area contributed by atoms with E-state index < -0.39 is 0 Å². The van der Waals surface area contributed by atoms with Crippen molar-refractivity contribution in [2.45, 2.75) is 6.54 Å². The summed E-state index contributed by atoms with van der Waals surface area (Å²) in [5.74, 6) is 1.03. The minimum atomic E-state index is 0.404. The molecule has 3 aromatic heterocycles. The highest BCUT2D eigenvalue weighted by atomic mass is 35.5. The van der Waals surface area contributed by atoms with Crippen LogP contribution < -0.4 is 5.32 Å². The van der Waals surface area contributed by atoms with Gasteiger partial charge in [-0.25, -0.2) is 4.52 Å². The Bertz CT molecular complexity index is 634. The van der Waals surface area contributed by atoms with Gasteiger partial charge in [0, 0.05) is 6.20 Å². The van der Waals surface area contributed by atoms with Crippen LogP contribution in [-0.4, -0.2) is 24.7 Å². The maximum atomic E-state index is 5.84. The molecule has 0 radical (unpaired) electrons. The molecule has 0 atom stereocenters. The highest BCUT2D eigenvalue weighted by molar-refractivity contribution is 6.30. The van der Waals surface area contributed by atoms with E-state index in [1.54, 1.807) is 22.8 Å². The van der Waals surface area contributed by atoms with Crippen LogP contribution in [0.3, 0.4) is 0 Å². The molecule has 0 aromatic carbocycles. The van der Waals surface area contributed by atoms with Crippen molar-refractivity contribution in [3.05, 3.63) is 35.6 Å². The summed E-state index contributed by atoms with van der Waals surface area (Å²) in [5, 5.41) is 11.5. The molecule has 0 fully saturated rings. The quantitative estimate of drug-likeness (QED) is 0.756. The molecule has 7 nitrogen and oxygen atoms in total. The van der Waals surface area contributed by atoms with Crippen molar-refractivity contribution < 1.29 is 4.52 Å². The summed E-state index contributed by atoms with van der Waals surface area (Å²) in [5.41, 5.74) is 0.713. The van der Waals surface area contributed by atoms with Crippen molar-refractivity contribution in [2.24, 2.45) is 0 Å². The van der Waals surface area contributed by atoms with Gasteiger partial charge in [-0.1, -0.05) is 16.8 Å². The van der Waals surface area contributed by atoms with Crippen molar-refractivity contribution in [3.63, 3.8) is 0 Å². The van der Waals surface area contributed by atoms with Gasteiger partial charge in [0.25, 0.3) is 0 Å². The third kappa shape index (κ3) is 2.04. The summed E-state index contributed by atoms with van der Waals surface area (Å²) in [6, 6.07) is 3.55. The number of hydrogen-bond donors (Lipinski definition) is 1. The van der Waals surface area contributed by atoms with E-state index in [2.05, 4.69) is 30.1 Å². The van der Waals surface area contributed by atoms with Gasteiger partial charge in [-0.15, -0.1) is 5.10 Å². The first-order valence-electron chi connectivity index (χ1n) is 4.82. The van der Waals surface area contributed by atoms with E-state index in [0.717, 1.165) is 0 Å². The number of aromatic nitrogens is 5. The van der Waals surface area contributed by atoms with Gasteiger partial charge in [0.1, 0.15) is 0 Å². The number of pyridine rings is 1. The van der Waals surface area contributed by atoms with E-state index in [9.17, 15) is 0 Å². The second-order valence-corrected chi connectivity index (χ2v) is 3.72. The summed E-state index contributed by atoms with van der Waals surface area (Å²) in [6.45, 7) is 0.404. The van der Waals surface area contributed by atoms with Crippen molar-refractivity contribution in [1.82, 2.24) is 24.7 Å². The van der Waals surface area contributed by atoms with Gasteiger partial charge >= 0.3 is 0 Å². The van der Waals surface area contributed by atoms with Crippen LogP contribution in [0.1, 0.15) is 5.82 Å². The maximum Gasteiger partial charge on any atom is 0.243 e. The van der Waals surface area contributed by atoms with Crippen LogP contribution in [0.2, 0.25) is 5.02 Å². The summed E-state index contributed by atoms with van der Waals surface area (Å²) in [7, 11) is 0. The van der Waals surface area contributed by atoms with Crippen LogP contribution in [0.4, 0.5) is 5.95 Å². The standard InChI is InChI=1S/C9H7ClN6O/c10-6-1-2-8-13-9(14-16(8)4-6)11-3-7-12-5-17-15-7/h1-2,4-5H,3H2,(H,11,14). The Kier molecular flexibility index (Phi) is 2.37. The Labute approximate surface area is 100 Å². The topological polar surface area (TPSA) is 81.1 Å². The van der Waals surface area contributed by atoms with Gasteiger partial charge in [0.05, 0.1) is 11.6 Å². The predicted molar refractivity (Wildman–Crippen MR) is 59.6 cm³/mol. The first-order chi connectivity index (χ1) is 8.31. The molecule has 0 aliphatic carbocycles. The molecular weight excluding hydrogens is 244 g/mol. The molecule has 0 aliphatic heterocycles. The average molecular weight is 251 g/mol. The largest absolute Gasteiger partial charge is 0.345 e. The Morgan fingerprint density at radius 3 is 3.18 bits per heavy atom. The normalized spacial score (nSPS) is 10.9. The van der Waals surface area contributed by atoms with Crippen LogP contribution in [0, 0.1) is 0 Å². The van der Waals surface area contributed by atoms with Crippen LogP contribution >= 0.6 is 11.6 Å². The maximum absolute atomic E-state index is 5.84. The fraction of sp³-hybridized carbons (Fsp3) is 0.111. The molecule has 0 aliphatic rings. The van der Waals surface area contributed by atoms with Crippen LogP contribution in [0.25, 0.3) is 5.65 Å². The van der Waals surface area contributed by atoms with E-state index in [1.807, 2.05) is 0 Å². The van der Waals surface area contributed by atoms with Crippen LogP contribution in [-0.2, 0) is 6.54 Å². The van der Waals surface area contributed by atoms with Gasteiger partial charge in [-0.3, -0.25) is 0 Å². The highest BCUT2D eigenvalue weighted by Crippen LogP contribution is 2.11. The minimum Gasteiger partial charge on any atom is -0.345 e. The van der Waals surface area contributed by atoms with Gasteiger partial charge in [0.15, 0.2) is 11.5 Å². The second-order valence-electron chi connectivity index (χ2n) is 3.29. The zero-order chi connectivity index (χ0) is 11.7. The Balaban J connectivity index is 1.81. The fourth-order valence-corrected chi connectivity index (χ4v) is 1.52. The van der Waals surface area contributed by atoms with E-state index in [4.69, 9.17) is 11.6 Å². The van der Waals surface area contributed by atoms with Crippen LogP contribution in [0.15, 0.2) is 29.2 Å².